The third kappa shape index (κ3) is 1.58. The van der Waals surface area contributed by atoms with Crippen molar-refractivity contribution in [2.75, 3.05) is 13.6 Å². The van der Waals surface area contributed by atoms with Gasteiger partial charge in [-0.1, -0.05) is 17.7 Å². The monoisotopic (exact) mass is 175 g/mol. The lowest BCUT2D eigenvalue weighted by Crippen LogP contribution is -2.09. The van der Waals surface area contributed by atoms with Crippen LogP contribution in [0.25, 0.3) is 6.08 Å². The van der Waals surface area contributed by atoms with Crippen LogP contribution in [0.2, 0.25) is 0 Å². The summed E-state index contributed by atoms with van der Waals surface area (Å²) >= 11 is 0. The van der Waals surface area contributed by atoms with Crippen molar-refractivity contribution in [2.24, 2.45) is 0 Å². The molecule has 0 heterocycles. The van der Waals surface area contributed by atoms with Gasteiger partial charge < -0.3 is 10.4 Å². The fraction of sp³-hybridized carbons (Fsp3) is 0.273. The molecule has 0 saturated carbocycles. The molecule has 0 bridgehead atoms. The van der Waals surface area contributed by atoms with Gasteiger partial charge in [0.1, 0.15) is 5.75 Å². The number of aromatic hydroxyl groups is 1. The number of phenolic OH excluding ortho intramolecular Hbond substituents is 1. The van der Waals surface area contributed by atoms with Crippen molar-refractivity contribution in [3.63, 3.8) is 0 Å². The SMILES string of the molecule is CNCC1=Cc2cc(O)ccc2C1. The van der Waals surface area contributed by atoms with E-state index in [1.165, 1.54) is 11.1 Å². The average Bonchev–Trinajstić information content (AvgIpc) is 2.46. The van der Waals surface area contributed by atoms with Crippen molar-refractivity contribution in [3.8, 4) is 5.75 Å². The van der Waals surface area contributed by atoms with Crippen LogP contribution in [0, 0.1) is 0 Å². The molecule has 68 valence electrons. The van der Waals surface area contributed by atoms with Crippen LogP contribution in [0.3, 0.4) is 0 Å². The zero-order valence-corrected chi connectivity index (χ0v) is 7.67. The first-order chi connectivity index (χ1) is 6.29. The van der Waals surface area contributed by atoms with E-state index in [4.69, 9.17) is 0 Å². The Labute approximate surface area is 77.9 Å². The Morgan fingerprint density at radius 2 is 2.31 bits per heavy atom. The summed E-state index contributed by atoms with van der Waals surface area (Å²) in [7, 11) is 1.95. The second-order valence-corrected chi connectivity index (χ2v) is 3.39. The molecule has 0 aromatic heterocycles. The second-order valence-electron chi connectivity index (χ2n) is 3.39. The fourth-order valence-corrected chi connectivity index (χ4v) is 1.73. The maximum Gasteiger partial charge on any atom is 0.116 e. The summed E-state index contributed by atoms with van der Waals surface area (Å²) in [5.41, 5.74) is 3.84. The van der Waals surface area contributed by atoms with Gasteiger partial charge in [0.2, 0.25) is 0 Å². The highest BCUT2D eigenvalue weighted by molar-refractivity contribution is 5.65. The van der Waals surface area contributed by atoms with Gasteiger partial charge in [0.05, 0.1) is 0 Å². The first-order valence-corrected chi connectivity index (χ1v) is 4.45. The summed E-state index contributed by atoms with van der Waals surface area (Å²) in [4.78, 5) is 0. The standard InChI is InChI=1S/C11H13NO/c1-12-7-8-4-9-2-3-11(13)6-10(9)5-8/h2-3,5-6,12-13H,4,7H2,1H3. The molecule has 0 atom stereocenters. The van der Waals surface area contributed by atoms with Gasteiger partial charge in [0.25, 0.3) is 0 Å². The number of likely N-dealkylation sites (N-methyl/N-ethyl adjacent to an activating group) is 1. The predicted octanol–water partition coefficient (Wildman–Crippen LogP) is 1.55. The number of phenols is 1. The molecule has 0 unspecified atom stereocenters. The zero-order chi connectivity index (χ0) is 9.26. The first kappa shape index (κ1) is 8.32. The molecular formula is C11H13NO. The molecule has 1 aliphatic rings. The van der Waals surface area contributed by atoms with Gasteiger partial charge in [-0.25, -0.2) is 0 Å². The lowest BCUT2D eigenvalue weighted by molar-refractivity contribution is 0.475. The highest BCUT2D eigenvalue weighted by Gasteiger charge is 2.11. The van der Waals surface area contributed by atoms with E-state index in [9.17, 15) is 5.11 Å². The summed E-state index contributed by atoms with van der Waals surface area (Å²) in [5.74, 6) is 0.348. The molecular weight excluding hydrogens is 162 g/mol. The molecule has 0 radical (unpaired) electrons. The normalized spacial score (nSPS) is 14.1. The second kappa shape index (κ2) is 3.23. The van der Waals surface area contributed by atoms with E-state index in [-0.39, 0.29) is 0 Å². The molecule has 0 spiro atoms. The van der Waals surface area contributed by atoms with Crippen molar-refractivity contribution in [2.45, 2.75) is 6.42 Å². The third-order valence-electron chi connectivity index (χ3n) is 2.31. The van der Waals surface area contributed by atoms with E-state index in [1.54, 1.807) is 6.07 Å². The molecule has 0 aliphatic heterocycles. The topological polar surface area (TPSA) is 32.3 Å². The van der Waals surface area contributed by atoms with Crippen molar-refractivity contribution in [1.82, 2.24) is 5.32 Å². The van der Waals surface area contributed by atoms with E-state index < -0.39 is 0 Å². The summed E-state index contributed by atoms with van der Waals surface area (Å²) in [5, 5.41) is 12.4. The molecule has 1 aromatic rings. The first-order valence-electron chi connectivity index (χ1n) is 4.45. The van der Waals surface area contributed by atoms with E-state index >= 15 is 0 Å². The summed E-state index contributed by atoms with van der Waals surface area (Å²) in [6, 6.07) is 5.55. The Hall–Kier alpha value is -1.28. The van der Waals surface area contributed by atoms with E-state index in [2.05, 4.69) is 11.4 Å². The minimum atomic E-state index is 0.348. The van der Waals surface area contributed by atoms with Gasteiger partial charge in [-0.3, -0.25) is 0 Å². The van der Waals surface area contributed by atoms with E-state index in [1.807, 2.05) is 19.2 Å². The lowest BCUT2D eigenvalue weighted by atomic mass is 10.1. The third-order valence-corrected chi connectivity index (χ3v) is 2.31. The van der Waals surface area contributed by atoms with Crippen molar-refractivity contribution in [1.29, 1.82) is 0 Å². The molecule has 2 N–H and O–H groups in total. The lowest BCUT2D eigenvalue weighted by Gasteiger charge is -1.99. The molecule has 1 aliphatic carbocycles. The average molecular weight is 175 g/mol. The minimum absolute atomic E-state index is 0.348. The Balaban J connectivity index is 2.27. The summed E-state index contributed by atoms with van der Waals surface area (Å²) in [6.45, 7) is 0.926. The van der Waals surface area contributed by atoms with Crippen molar-refractivity contribution >= 4 is 6.08 Å². The summed E-state index contributed by atoms with van der Waals surface area (Å²) in [6.07, 6.45) is 3.15. The molecule has 0 saturated heterocycles. The minimum Gasteiger partial charge on any atom is -0.508 e. The molecule has 13 heavy (non-hydrogen) atoms. The molecule has 2 nitrogen and oxygen atoms in total. The van der Waals surface area contributed by atoms with Crippen LogP contribution in [0.5, 0.6) is 5.75 Å². The fourth-order valence-electron chi connectivity index (χ4n) is 1.73. The predicted molar refractivity (Wildman–Crippen MR) is 53.7 cm³/mol. The zero-order valence-electron chi connectivity index (χ0n) is 7.67. The van der Waals surface area contributed by atoms with Gasteiger partial charge in [-0.05, 0) is 36.7 Å². The van der Waals surface area contributed by atoms with E-state index in [0.717, 1.165) is 18.5 Å². The number of hydrogen-bond donors (Lipinski definition) is 2. The van der Waals surface area contributed by atoms with Gasteiger partial charge in [0.15, 0.2) is 0 Å². The van der Waals surface area contributed by atoms with Crippen LogP contribution in [-0.4, -0.2) is 18.7 Å². The Morgan fingerprint density at radius 1 is 1.46 bits per heavy atom. The molecule has 2 rings (SSSR count). The Morgan fingerprint density at radius 3 is 3.08 bits per heavy atom. The van der Waals surface area contributed by atoms with Gasteiger partial charge in [0, 0.05) is 6.54 Å². The number of rotatable bonds is 2. The molecule has 0 amide bonds. The highest BCUT2D eigenvalue weighted by atomic mass is 16.3. The molecule has 0 fully saturated rings. The van der Waals surface area contributed by atoms with Gasteiger partial charge in [-0.2, -0.15) is 0 Å². The van der Waals surface area contributed by atoms with Gasteiger partial charge in [-0.15, -0.1) is 0 Å². The number of hydrogen-bond acceptors (Lipinski definition) is 2. The quantitative estimate of drug-likeness (QED) is 0.714. The maximum absolute atomic E-state index is 9.27. The van der Waals surface area contributed by atoms with Crippen molar-refractivity contribution in [3.05, 3.63) is 34.9 Å². The number of fused-ring (bicyclic) bond motifs is 1. The highest BCUT2D eigenvalue weighted by Crippen LogP contribution is 2.27. The van der Waals surface area contributed by atoms with Crippen LogP contribution in [0.4, 0.5) is 0 Å². The van der Waals surface area contributed by atoms with Crippen LogP contribution in [-0.2, 0) is 6.42 Å². The number of benzene rings is 1. The van der Waals surface area contributed by atoms with Crippen LogP contribution in [0.1, 0.15) is 11.1 Å². The smallest absolute Gasteiger partial charge is 0.116 e. The Kier molecular flexibility index (Phi) is 2.07. The van der Waals surface area contributed by atoms with Crippen LogP contribution >= 0.6 is 0 Å². The van der Waals surface area contributed by atoms with Gasteiger partial charge >= 0.3 is 0 Å². The maximum atomic E-state index is 9.27. The van der Waals surface area contributed by atoms with Crippen LogP contribution < -0.4 is 5.32 Å². The number of nitrogens with one attached hydrogen (secondary N) is 1. The van der Waals surface area contributed by atoms with Crippen molar-refractivity contribution < 1.29 is 5.11 Å². The largest absolute Gasteiger partial charge is 0.508 e. The summed E-state index contributed by atoms with van der Waals surface area (Å²) < 4.78 is 0. The van der Waals surface area contributed by atoms with E-state index in [0.29, 0.717) is 5.75 Å². The molecule has 2 heteroatoms. The molecule has 1 aromatic carbocycles. The Bertz CT molecular complexity index is 355. The van der Waals surface area contributed by atoms with Crippen LogP contribution in [0.15, 0.2) is 23.8 Å².